The van der Waals surface area contributed by atoms with E-state index in [1.807, 2.05) is 0 Å². The Hall–Kier alpha value is -3.03. The minimum atomic E-state index is -1.11. The van der Waals surface area contributed by atoms with E-state index in [1.54, 1.807) is 12.1 Å². The zero-order chi connectivity index (χ0) is 14.4. The van der Waals surface area contributed by atoms with Gasteiger partial charge in [0.2, 0.25) is 0 Å². The molecular weight excluding hydrogens is 288 g/mol. The number of benzene rings is 2. The van der Waals surface area contributed by atoms with E-state index in [4.69, 9.17) is 10.2 Å². The summed E-state index contributed by atoms with van der Waals surface area (Å²) in [4.78, 5) is 34.1. The van der Waals surface area contributed by atoms with Crippen LogP contribution in [0.25, 0.3) is 11.1 Å². The quantitative estimate of drug-likeness (QED) is 0.565. The fourth-order valence-electron chi connectivity index (χ4n) is 2.35. The Morgan fingerprint density at radius 1 is 0.682 bits per heavy atom. The number of ketones is 1. The van der Waals surface area contributed by atoms with Crippen molar-refractivity contribution in [2.45, 2.75) is 0 Å². The molecule has 1 aliphatic carbocycles. The van der Waals surface area contributed by atoms with E-state index in [9.17, 15) is 14.4 Å². The minimum Gasteiger partial charge on any atom is -0.478 e. The summed E-state index contributed by atoms with van der Waals surface area (Å²) in [7, 11) is 0. The summed E-state index contributed by atoms with van der Waals surface area (Å²) in [5, 5.41) is 17.9. The largest absolute Gasteiger partial charge is 0.478 e. The van der Waals surface area contributed by atoms with E-state index >= 15 is 0 Å². The monoisotopic (exact) mass is 302 g/mol. The molecule has 2 aromatic carbocycles. The smallest absolute Gasteiger partial charge is 0.335 e. The van der Waals surface area contributed by atoms with Gasteiger partial charge in [-0.25, -0.2) is 9.59 Å². The Morgan fingerprint density at radius 2 is 1.05 bits per heavy atom. The van der Waals surface area contributed by atoms with Crippen LogP contribution in [-0.4, -0.2) is 27.9 Å². The molecule has 0 saturated carbocycles. The zero-order valence-corrected chi connectivity index (χ0v) is 11.5. The molecular formula is C15H14N2O5. The minimum absolute atomic E-state index is 0. The van der Waals surface area contributed by atoms with Gasteiger partial charge in [0.25, 0.3) is 0 Å². The molecule has 2 aromatic rings. The Kier molecular flexibility index (Phi) is 4.46. The average Bonchev–Trinajstić information content (AvgIpc) is 2.71. The van der Waals surface area contributed by atoms with Crippen molar-refractivity contribution in [2.24, 2.45) is 0 Å². The number of carbonyl (C=O) groups excluding carboxylic acids is 1. The van der Waals surface area contributed by atoms with Crippen LogP contribution in [0.2, 0.25) is 0 Å². The molecule has 0 heterocycles. The molecule has 114 valence electrons. The molecule has 3 rings (SSSR count). The van der Waals surface area contributed by atoms with Crippen LogP contribution in [0, 0.1) is 0 Å². The van der Waals surface area contributed by atoms with Crippen molar-refractivity contribution in [3.05, 3.63) is 58.7 Å². The van der Waals surface area contributed by atoms with Gasteiger partial charge in [0.1, 0.15) is 0 Å². The van der Waals surface area contributed by atoms with Gasteiger partial charge in [-0.15, -0.1) is 0 Å². The molecule has 22 heavy (non-hydrogen) atoms. The second-order valence-corrected chi connectivity index (χ2v) is 4.46. The number of hydrogen-bond acceptors (Lipinski definition) is 5. The number of carbonyl (C=O) groups is 3. The number of fused-ring (bicyclic) bond motifs is 3. The summed E-state index contributed by atoms with van der Waals surface area (Å²) < 4.78 is 0. The molecule has 0 aromatic heterocycles. The number of hydrogen-bond donors (Lipinski definition) is 4. The predicted octanol–water partition coefficient (Wildman–Crippen LogP) is 2.62. The van der Waals surface area contributed by atoms with Gasteiger partial charge < -0.3 is 22.5 Å². The average molecular weight is 302 g/mol. The van der Waals surface area contributed by atoms with E-state index in [0.29, 0.717) is 22.3 Å². The molecule has 0 spiro atoms. The summed E-state index contributed by atoms with van der Waals surface area (Å²) in [5.74, 6) is -2.56. The van der Waals surface area contributed by atoms with Crippen molar-refractivity contribution >= 4 is 17.7 Å². The highest BCUT2D eigenvalue weighted by molar-refractivity contribution is 6.22. The number of rotatable bonds is 2. The molecule has 0 unspecified atom stereocenters. The molecule has 0 fully saturated rings. The van der Waals surface area contributed by atoms with Gasteiger partial charge in [0.05, 0.1) is 11.1 Å². The van der Waals surface area contributed by atoms with E-state index in [-0.39, 0.29) is 29.2 Å². The maximum atomic E-state index is 12.3. The van der Waals surface area contributed by atoms with Crippen LogP contribution in [0.4, 0.5) is 0 Å². The van der Waals surface area contributed by atoms with Crippen molar-refractivity contribution in [3.63, 3.8) is 0 Å². The molecule has 7 heteroatoms. The highest BCUT2D eigenvalue weighted by atomic mass is 16.4. The zero-order valence-electron chi connectivity index (χ0n) is 11.5. The van der Waals surface area contributed by atoms with E-state index in [1.165, 1.54) is 24.3 Å². The summed E-state index contributed by atoms with van der Waals surface area (Å²) in [6.07, 6.45) is 0. The number of aromatic carboxylic acids is 2. The predicted molar refractivity (Wildman–Crippen MR) is 79.3 cm³/mol. The molecule has 0 amide bonds. The number of carboxylic acids is 2. The first-order valence-electron chi connectivity index (χ1n) is 5.79. The van der Waals surface area contributed by atoms with Crippen LogP contribution in [0.15, 0.2) is 36.4 Å². The van der Waals surface area contributed by atoms with Crippen LogP contribution in [0.1, 0.15) is 36.6 Å². The third-order valence-corrected chi connectivity index (χ3v) is 3.31. The van der Waals surface area contributed by atoms with Crippen LogP contribution in [-0.2, 0) is 0 Å². The summed E-state index contributed by atoms with van der Waals surface area (Å²) in [6.45, 7) is 0. The third kappa shape index (κ3) is 2.34. The topological polar surface area (TPSA) is 162 Å². The Bertz CT molecular complexity index is 733. The Balaban J connectivity index is 0.00000121. The number of carboxylic acid groups (broad SMARTS) is 2. The fraction of sp³-hybridized carbons (Fsp3) is 0. The van der Waals surface area contributed by atoms with Gasteiger partial charge in [-0.3, -0.25) is 4.79 Å². The lowest BCUT2D eigenvalue weighted by molar-refractivity contribution is 0.0686. The maximum absolute atomic E-state index is 12.3. The molecule has 1 aliphatic rings. The van der Waals surface area contributed by atoms with E-state index < -0.39 is 11.9 Å². The van der Waals surface area contributed by atoms with E-state index in [0.717, 1.165) is 0 Å². The third-order valence-electron chi connectivity index (χ3n) is 3.31. The Morgan fingerprint density at radius 3 is 1.36 bits per heavy atom. The highest BCUT2D eigenvalue weighted by Crippen LogP contribution is 2.37. The van der Waals surface area contributed by atoms with Gasteiger partial charge in [0.15, 0.2) is 5.78 Å². The highest BCUT2D eigenvalue weighted by Gasteiger charge is 2.28. The lowest BCUT2D eigenvalue weighted by Gasteiger charge is -2.01. The first-order chi connectivity index (χ1) is 9.49. The first-order valence-corrected chi connectivity index (χ1v) is 5.79. The fourth-order valence-corrected chi connectivity index (χ4v) is 2.35. The lowest BCUT2D eigenvalue weighted by atomic mass is 10.0. The lowest BCUT2D eigenvalue weighted by Crippen LogP contribution is -2.02. The molecule has 0 atom stereocenters. The van der Waals surface area contributed by atoms with Crippen molar-refractivity contribution in [2.75, 3.05) is 0 Å². The molecule has 0 saturated heterocycles. The first kappa shape index (κ1) is 17.0. The second-order valence-electron chi connectivity index (χ2n) is 4.46. The summed E-state index contributed by atoms with van der Waals surface area (Å²) in [5.41, 5.74) is 1.91. The van der Waals surface area contributed by atoms with Gasteiger partial charge in [-0.05, 0) is 35.4 Å². The van der Waals surface area contributed by atoms with Gasteiger partial charge >= 0.3 is 11.9 Å². The van der Waals surface area contributed by atoms with Crippen molar-refractivity contribution in [1.82, 2.24) is 12.3 Å². The molecule has 0 aliphatic heterocycles. The maximum Gasteiger partial charge on any atom is 0.335 e. The molecule has 0 radical (unpaired) electrons. The summed E-state index contributed by atoms with van der Waals surface area (Å²) in [6, 6.07) is 8.64. The van der Waals surface area contributed by atoms with Crippen molar-refractivity contribution in [3.8, 4) is 11.1 Å². The van der Waals surface area contributed by atoms with Gasteiger partial charge in [-0.2, -0.15) is 0 Å². The van der Waals surface area contributed by atoms with Crippen LogP contribution in [0.3, 0.4) is 0 Å². The standard InChI is InChI=1S/C15H8O5.2H3N/c16-13-11-5-7(14(17)18)1-3-9(11)10-4-2-8(15(19)20)6-12(10)13;;/h1-6H,(H,17,18)(H,19,20);2*1H3. The Labute approximate surface area is 125 Å². The SMILES string of the molecule is N.N.O=C(O)c1ccc2c(c1)C(=O)c1cc(C(=O)O)ccc1-2. The van der Waals surface area contributed by atoms with Crippen molar-refractivity contribution < 1.29 is 24.6 Å². The normalized spacial score (nSPS) is 10.8. The van der Waals surface area contributed by atoms with Gasteiger partial charge in [-0.1, -0.05) is 12.1 Å². The molecule has 0 bridgehead atoms. The van der Waals surface area contributed by atoms with Crippen LogP contribution >= 0.6 is 0 Å². The van der Waals surface area contributed by atoms with Crippen LogP contribution < -0.4 is 12.3 Å². The van der Waals surface area contributed by atoms with Crippen LogP contribution in [0.5, 0.6) is 0 Å². The summed E-state index contributed by atoms with van der Waals surface area (Å²) >= 11 is 0. The van der Waals surface area contributed by atoms with Crippen molar-refractivity contribution in [1.29, 1.82) is 0 Å². The van der Waals surface area contributed by atoms with Gasteiger partial charge in [0, 0.05) is 11.1 Å². The molecule has 7 nitrogen and oxygen atoms in total. The molecule has 8 N–H and O–H groups in total. The second kappa shape index (κ2) is 5.76. The van der Waals surface area contributed by atoms with E-state index in [2.05, 4.69) is 0 Å².